The molecule has 0 bridgehead atoms. The molecule has 0 saturated carbocycles. The standard InChI is InChI=1S/C26H32N4O/c1-19-11-12-20(2)25(14-19)30-18-24(26(28-30)23-9-5-4-6-10-23)17-29-13-7-8-22(16-29)15-27-21(3)31/h4-6,9-12,14,18,22H,7-8,13,15-17H2,1-3H3,(H,27,31)/t22-/m0/s1. The summed E-state index contributed by atoms with van der Waals surface area (Å²) in [6.07, 6.45) is 4.53. The van der Waals surface area contributed by atoms with Crippen LogP contribution >= 0.6 is 0 Å². The lowest BCUT2D eigenvalue weighted by molar-refractivity contribution is -0.119. The van der Waals surface area contributed by atoms with E-state index in [-0.39, 0.29) is 5.91 Å². The maximum Gasteiger partial charge on any atom is 0.216 e. The second-order valence-corrected chi connectivity index (χ2v) is 8.78. The van der Waals surface area contributed by atoms with Gasteiger partial charge in [-0.25, -0.2) is 4.68 Å². The number of carbonyl (C=O) groups is 1. The van der Waals surface area contributed by atoms with E-state index in [2.05, 4.69) is 72.7 Å². The van der Waals surface area contributed by atoms with Crippen LogP contribution < -0.4 is 5.32 Å². The minimum Gasteiger partial charge on any atom is -0.356 e. The molecule has 2 heterocycles. The molecule has 1 aromatic heterocycles. The van der Waals surface area contributed by atoms with Crippen molar-refractivity contribution in [3.05, 3.63) is 71.4 Å². The Morgan fingerprint density at radius 1 is 1.16 bits per heavy atom. The normalized spacial score (nSPS) is 16.9. The molecule has 1 aliphatic rings. The molecule has 1 amide bonds. The lowest BCUT2D eigenvalue weighted by atomic mass is 9.97. The van der Waals surface area contributed by atoms with Crippen molar-refractivity contribution in [3.63, 3.8) is 0 Å². The number of piperidine rings is 1. The van der Waals surface area contributed by atoms with Crippen LogP contribution in [-0.4, -0.2) is 40.2 Å². The summed E-state index contributed by atoms with van der Waals surface area (Å²) in [7, 11) is 0. The maximum absolute atomic E-state index is 11.3. The molecule has 1 saturated heterocycles. The Bertz CT molecular complexity index is 1040. The number of hydrogen-bond acceptors (Lipinski definition) is 3. The van der Waals surface area contributed by atoms with Crippen molar-refractivity contribution in [2.75, 3.05) is 19.6 Å². The van der Waals surface area contributed by atoms with Crippen LogP contribution in [0.2, 0.25) is 0 Å². The van der Waals surface area contributed by atoms with Gasteiger partial charge in [0.1, 0.15) is 0 Å². The van der Waals surface area contributed by atoms with E-state index in [9.17, 15) is 4.79 Å². The molecule has 3 aromatic rings. The van der Waals surface area contributed by atoms with Crippen LogP contribution in [0, 0.1) is 19.8 Å². The Kier molecular flexibility index (Phi) is 6.52. The van der Waals surface area contributed by atoms with E-state index < -0.39 is 0 Å². The lowest BCUT2D eigenvalue weighted by Gasteiger charge is -2.32. The van der Waals surface area contributed by atoms with Crippen molar-refractivity contribution >= 4 is 5.91 Å². The van der Waals surface area contributed by atoms with Crippen LogP contribution in [0.5, 0.6) is 0 Å². The highest BCUT2D eigenvalue weighted by Gasteiger charge is 2.22. The number of hydrogen-bond donors (Lipinski definition) is 1. The number of likely N-dealkylation sites (tertiary alicyclic amines) is 1. The molecule has 0 radical (unpaired) electrons. The molecular weight excluding hydrogens is 384 g/mol. The zero-order valence-corrected chi connectivity index (χ0v) is 18.8. The second kappa shape index (κ2) is 9.48. The third kappa shape index (κ3) is 5.23. The number of rotatable bonds is 6. The minimum atomic E-state index is 0.0540. The van der Waals surface area contributed by atoms with Gasteiger partial charge in [-0.15, -0.1) is 0 Å². The van der Waals surface area contributed by atoms with Crippen LogP contribution in [0.25, 0.3) is 16.9 Å². The van der Waals surface area contributed by atoms with E-state index in [1.54, 1.807) is 6.92 Å². The van der Waals surface area contributed by atoms with E-state index in [1.807, 2.05) is 10.7 Å². The molecule has 1 N–H and O–H groups in total. The summed E-state index contributed by atoms with van der Waals surface area (Å²) in [5.74, 6) is 0.560. The number of nitrogens with zero attached hydrogens (tertiary/aromatic N) is 3. The largest absolute Gasteiger partial charge is 0.356 e. The number of nitrogens with one attached hydrogen (secondary N) is 1. The van der Waals surface area contributed by atoms with Gasteiger partial charge in [0.2, 0.25) is 5.91 Å². The van der Waals surface area contributed by atoms with Gasteiger partial charge in [0.05, 0.1) is 11.4 Å². The summed E-state index contributed by atoms with van der Waals surface area (Å²) >= 11 is 0. The summed E-state index contributed by atoms with van der Waals surface area (Å²) in [6.45, 7) is 9.56. The maximum atomic E-state index is 11.3. The fourth-order valence-electron chi connectivity index (χ4n) is 4.44. The van der Waals surface area contributed by atoms with Crippen LogP contribution in [0.4, 0.5) is 0 Å². The van der Waals surface area contributed by atoms with Crippen LogP contribution in [0.15, 0.2) is 54.7 Å². The monoisotopic (exact) mass is 416 g/mol. The second-order valence-electron chi connectivity index (χ2n) is 8.78. The predicted molar refractivity (Wildman–Crippen MR) is 125 cm³/mol. The van der Waals surface area contributed by atoms with Gasteiger partial charge in [-0.2, -0.15) is 5.10 Å². The Morgan fingerprint density at radius 2 is 1.97 bits per heavy atom. The number of carbonyl (C=O) groups excluding carboxylic acids is 1. The van der Waals surface area contributed by atoms with Crippen LogP contribution in [0.3, 0.4) is 0 Å². The van der Waals surface area contributed by atoms with E-state index in [1.165, 1.54) is 23.1 Å². The summed E-state index contributed by atoms with van der Waals surface area (Å²) in [4.78, 5) is 13.8. The van der Waals surface area contributed by atoms with Crippen molar-refractivity contribution in [2.45, 2.75) is 40.2 Å². The highest BCUT2D eigenvalue weighted by molar-refractivity contribution is 5.72. The molecule has 4 rings (SSSR count). The Labute approximate surface area is 185 Å². The van der Waals surface area contributed by atoms with Crippen molar-refractivity contribution in [1.29, 1.82) is 0 Å². The number of amides is 1. The summed E-state index contributed by atoms with van der Waals surface area (Å²) in [6, 6.07) is 17.0. The smallest absolute Gasteiger partial charge is 0.216 e. The molecule has 5 nitrogen and oxygen atoms in total. The van der Waals surface area contributed by atoms with Gasteiger partial charge in [0.25, 0.3) is 0 Å². The van der Waals surface area contributed by atoms with E-state index in [0.717, 1.165) is 49.5 Å². The first-order chi connectivity index (χ1) is 15.0. The molecule has 0 unspecified atom stereocenters. The average Bonchev–Trinajstić information content (AvgIpc) is 3.18. The Hall–Kier alpha value is -2.92. The van der Waals surface area contributed by atoms with Crippen molar-refractivity contribution in [3.8, 4) is 16.9 Å². The molecule has 2 aromatic carbocycles. The first-order valence-electron chi connectivity index (χ1n) is 11.2. The third-order valence-corrected chi connectivity index (χ3v) is 6.09. The number of aryl methyl sites for hydroxylation is 2. The molecule has 5 heteroatoms. The highest BCUT2D eigenvalue weighted by atomic mass is 16.1. The molecule has 0 aliphatic carbocycles. The summed E-state index contributed by atoms with van der Waals surface area (Å²) < 4.78 is 2.04. The van der Waals surface area contributed by atoms with Gasteiger partial charge in [-0.1, -0.05) is 42.5 Å². The van der Waals surface area contributed by atoms with Gasteiger partial charge in [0, 0.05) is 43.9 Å². The predicted octanol–water partition coefficient (Wildman–Crippen LogP) is 4.50. The summed E-state index contributed by atoms with van der Waals surface area (Å²) in [5, 5.41) is 8.02. The molecule has 162 valence electrons. The number of benzene rings is 2. The van der Waals surface area contributed by atoms with Gasteiger partial charge in [0.15, 0.2) is 0 Å². The SMILES string of the molecule is CC(=O)NC[C@@H]1CCCN(Cc2cn(-c3cc(C)ccc3C)nc2-c2ccccc2)C1. The van der Waals surface area contributed by atoms with Crippen LogP contribution in [-0.2, 0) is 11.3 Å². The molecule has 1 atom stereocenters. The van der Waals surface area contributed by atoms with Gasteiger partial charge in [-0.05, 0) is 56.3 Å². The molecule has 1 aliphatic heterocycles. The zero-order valence-electron chi connectivity index (χ0n) is 18.8. The first kappa shape index (κ1) is 21.3. The minimum absolute atomic E-state index is 0.0540. The number of aromatic nitrogens is 2. The fraction of sp³-hybridized carbons (Fsp3) is 0.385. The molecular formula is C26H32N4O. The summed E-state index contributed by atoms with van der Waals surface area (Å²) in [5.41, 5.74) is 7.01. The average molecular weight is 417 g/mol. The third-order valence-electron chi connectivity index (χ3n) is 6.09. The van der Waals surface area contributed by atoms with Crippen molar-refractivity contribution in [1.82, 2.24) is 20.0 Å². The van der Waals surface area contributed by atoms with Crippen molar-refractivity contribution < 1.29 is 4.79 Å². The zero-order chi connectivity index (χ0) is 21.8. The first-order valence-corrected chi connectivity index (χ1v) is 11.2. The van der Waals surface area contributed by atoms with E-state index >= 15 is 0 Å². The molecule has 1 fully saturated rings. The van der Waals surface area contributed by atoms with Crippen LogP contribution in [0.1, 0.15) is 36.5 Å². The lowest BCUT2D eigenvalue weighted by Crippen LogP contribution is -2.40. The fourth-order valence-corrected chi connectivity index (χ4v) is 4.44. The molecule has 31 heavy (non-hydrogen) atoms. The Balaban J connectivity index is 1.62. The topological polar surface area (TPSA) is 50.2 Å². The van der Waals surface area contributed by atoms with E-state index in [0.29, 0.717) is 5.92 Å². The van der Waals surface area contributed by atoms with Crippen molar-refractivity contribution in [2.24, 2.45) is 5.92 Å². The van der Waals surface area contributed by atoms with Gasteiger partial charge >= 0.3 is 0 Å². The molecule has 0 spiro atoms. The van der Waals surface area contributed by atoms with Gasteiger partial charge < -0.3 is 5.32 Å². The highest BCUT2D eigenvalue weighted by Crippen LogP contribution is 2.27. The van der Waals surface area contributed by atoms with E-state index in [4.69, 9.17) is 5.10 Å². The van der Waals surface area contributed by atoms with Gasteiger partial charge in [-0.3, -0.25) is 9.69 Å². The quantitative estimate of drug-likeness (QED) is 0.643. The Morgan fingerprint density at radius 3 is 2.74 bits per heavy atom.